The summed E-state index contributed by atoms with van der Waals surface area (Å²) in [5, 5.41) is 2.76. The number of nitrogens with one attached hydrogen (secondary N) is 2. The van der Waals surface area contributed by atoms with Gasteiger partial charge in [-0.05, 0) is 31.4 Å². The molecule has 0 bridgehead atoms. The Balaban J connectivity index is 1.97. The molecule has 1 aliphatic rings. The molecule has 1 fully saturated rings. The van der Waals surface area contributed by atoms with Crippen molar-refractivity contribution in [3.63, 3.8) is 0 Å². The van der Waals surface area contributed by atoms with Gasteiger partial charge in [-0.15, -0.1) is 0 Å². The minimum Gasteiger partial charge on any atom is -0.352 e. The zero-order chi connectivity index (χ0) is 14.8. The second-order valence-electron chi connectivity index (χ2n) is 5.01. The van der Waals surface area contributed by atoms with E-state index in [0.717, 1.165) is 0 Å². The molecule has 0 aliphatic carbocycles. The van der Waals surface area contributed by atoms with Gasteiger partial charge in [0.25, 0.3) is 5.91 Å². The second kappa shape index (κ2) is 5.76. The Labute approximate surface area is 117 Å². The molecule has 1 unspecified atom stereocenters. The summed E-state index contributed by atoms with van der Waals surface area (Å²) >= 11 is 0. The van der Waals surface area contributed by atoms with E-state index in [4.69, 9.17) is 5.84 Å². The minimum atomic E-state index is -2.91. The zero-order valence-corrected chi connectivity index (χ0v) is 12.0. The van der Waals surface area contributed by atoms with Crippen LogP contribution in [0.5, 0.6) is 0 Å². The average Bonchev–Trinajstić information content (AvgIpc) is 2.74. The van der Waals surface area contributed by atoms with Gasteiger partial charge in [0.1, 0.15) is 5.82 Å². The van der Waals surface area contributed by atoms with Gasteiger partial charge in [-0.3, -0.25) is 4.79 Å². The molecule has 2 heterocycles. The first-order valence-electron chi connectivity index (χ1n) is 6.33. The number of anilines is 1. The van der Waals surface area contributed by atoms with Gasteiger partial charge in [-0.1, -0.05) is 0 Å². The van der Waals surface area contributed by atoms with E-state index in [0.29, 0.717) is 30.0 Å². The topological polar surface area (TPSA) is 114 Å². The fourth-order valence-corrected chi connectivity index (χ4v) is 4.11. The highest BCUT2D eigenvalue weighted by atomic mass is 32.2. The first-order valence-corrected chi connectivity index (χ1v) is 8.16. The highest BCUT2D eigenvalue weighted by Crippen LogP contribution is 2.17. The van der Waals surface area contributed by atoms with Crippen LogP contribution in [-0.2, 0) is 9.84 Å². The number of hydrogen-bond acceptors (Lipinski definition) is 6. The molecule has 0 radical (unpaired) electrons. The number of amides is 1. The number of aromatic nitrogens is 1. The van der Waals surface area contributed by atoms with Crippen molar-refractivity contribution in [3.05, 3.63) is 23.4 Å². The molecule has 7 nitrogen and oxygen atoms in total. The normalized spacial score (nSPS) is 20.6. The number of hydrazine groups is 1. The summed E-state index contributed by atoms with van der Waals surface area (Å²) in [5.74, 6) is 5.80. The van der Waals surface area contributed by atoms with E-state index in [1.807, 2.05) is 0 Å². The molecule has 0 spiro atoms. The van der Waals surface area contributed by atoms with Crippen LogP contribution in [0.15, 0.2) is 12.1 Å². The molecule has 1 saturated heterocycles. The van der Waals surface area contributed by atoms with Crippen LogP contribution >= 0.6 is 0 Å². The minimum absolute atomic E-state index is 0.000937. The smallest absolute Gasteiger partial charge is 0.251 e. The Morgan fingerprint density at radius 2 is 2.25 bits per heavy atom. The highest BCUT2D eigenvalue weighted by Gasteiger charge is 2.28. The second-order valence-corrected chi connectivity index (χ2v) is 7.23. The van der Waals surface area contributed by atoms with E-state index in [9.17, 15) is 13.2 Å². The number of nitrogens with zero attached hydrogens (tertiary/aromatic N) is 1. The predicted octanol–water partition coefficient (Wildman–Crippen LogP) is -0.160. The van der Waals surface area contributed by atoms with Crippen LogP contribution in [0.25, 0.3) is 0 Å². The van der Waals surface area contributed by atoms with Gasteiger partial charge < -0.3 is 10.7 Å². The van der Waals surface area contributed by atoms with E-state index in [-0.39, 0.29) is 23.3 Å². The lowest BCUT2D eigenvalue weighted by Gasteiger charge is -2.10. The Morgan fingerprint density at radius 3 is 2.85 bits per heavy atom. The standard InChI is InChI=1S/C12H18N4O3S/c1-8-4-10(5-11(15-8)16-13)12(17)14-6-9-2-3-20(18,19)7-9/h4-5,9H,2-3,6-7,13H2,1H3,(H,14,17)(H,15,16). The summed E-state index contributed by atoms with van der Waals surface area (Å²) in [4.78, 5) is 16.1. The average molecular weight is 298 g/mol. The third-order valence-corrected chi connectivity index (χ3v) is 5.08. The number of carbonyl (C=O) groups excluding carboxylic acids is 1. The Kier molecular flexibility index (Phi) is 4.24. The van der Waals surface area contributed by atoms with Crippen molar-refractivity contribution in [1.29, 1.82) is 0 Å². The van der Waals surface area contributed by atoms with Crippen LogP contribution in [0.1, 0.15) is 22.5 Å². The number of carbonyl (C=O) groups is 1. The molecular formula is C12H18N4O3S. The number of rotatable bonds is 4. The molecule has 0 aromatic carbocycles. The fourth-order valence-electron chi connectivity index (χ4n) is 2.25. The Morgan fingerprint density at radius 1 is 1.50 bits per heavy atom. The van der Waals surface area contributed by atoms with Gasteiger partial charge >= 0.3 is 0 Å². The van der Waals surface area contributed by atoms with Gasteiger partial charge in [0.15, 0.2) is 9.84 Å². The number of sulfone groups is 1. The molecule has 1 amide bonds. The number of nitrogens with two attached hydrogens (primary N) is 1. The first kappa shape index (κ1) is 14.7. The van der Waals surface area contributed by atoms with Gasteiger partial charge in [-0.25, -0.2) is 19.2 Å². The summed E-state index contributed by atoms with van der Waals surface area (Å²) in [6.07, 6.45) is 0.605. The van der Waals surface area contributed by atoms with Crippen LogP contribution in [-0.4, -0.2) is 37.4 Å². The molecule has 0 saturated carbocycles. The van der Waals surface area contributed by atoms with E-state index < -0.39 is 9.84 Å². The quantitative estimate of drug-likeness (QED) is 0.526. The van der Waals surface area contributed by atoms with Crippen molar-refractivity contribution >= 4 is 21.6 Å². The molecule has 1 aromatic rings. The molecule has 2 rings (SSSR count). The highest BCUT2D eigenvalue weighted by molar-refractivity contribution is 7.91. The maximum Gasteiger partial charge on any atom is 0.251 e. The lowest BCUT2D eigenvalue weighted by atomic mass is 10.1. The Bertz CT molecular complexity index is 615. The maximum absolute atomic E-state index is 12.0. The molecule has 20 heavy (non-hydrogen) atoms. The molecule has 4 N–H and O–H groups in total. The van der Waals surface area contributed by atoms with E-state index >= 15 is 0 Å². The Hall–Kier alpha value is -1.67. The van der Waals surface area contributed by atoms with Crippen LogP contribution in [0.2, 0.25) is 0 Å². The van der Waals surface area contributed by atoms with Gasteiger partial charge in [0.2, 0.25) is 0 Å². The van der Waals surface area contributed by atoms with Crippen LogP contribution in [0.4, 0.5) is 5.82 Å². The summed E-state index contributed by atoms with van der Waals surface area (Å²) in [7, 11) is -2.91. The SMILES string of the molecule is Cc1cc(C(=O)NCC2CCS(=O)(=O)C2)cc(NN)n1. The monoisotopic (exact) mass is 298 g/mol. The maximum atomic E-state index is 12.0. The summed E-state index contributed by atoms with van der Waals surface area (Å²) in [6.45, 7) is 2.13. The first-order chi connectivity index (χ1) is 9.39. The van der Waals surface area contributed by atoms with Crippen molar-refractivity contribution in [1.82, 2.24) is 10.3 Å². The van der Waals surface area contributed by atoms with Crippen LogP contribution in [0.3, 0.4) is 0 Å². The zero-order valence-electron chi connectivity index (χ0n) is 11.2. The van der Waals surface area contributed by atoms with Crippen molar-refractivity contribution in [2.24, 2.45) is 11.8 Å². The molecule has 1 atom stereocenters. The van der Waals surface area contributed by atoms with Crippen molar-refractivity contribution in [2.45, 2.75) is 13.3 Å². The predicted molar refractivity (Wildman–Crippen MR) is 75.9 cm³/mol. The van der Waals surface area contributed by atoms with E-state index in [1.165, 1.54) is 0 Å². The molecule has 8 heteroatoms. The van der Waals surface area contributed by atoms with Gasteiger partial charge in [0, 0.05) is 17.8 Å². The van der Waals surface area contributed by atoms with Gasteiger partial charge in [0.05, 0.1) is 11.5 Å². The van der Waals surface area contributed by atoms with Crippen molar-refractivity contribution in [2.75, 3.05) is 23.5 Å². The fraction of sp³-hybridized carbons (Fsp3) is 0.500. The third kappa shape index (κ3) is 3.67. The molecular weight excluding hydrogens is 280 g/mol. The van der Waals surface area contributed by atoms with Gasteiger partial charge in [-0.2, -0.15) is 0 Å². The van der Waals surface area contributed by atoms with Crippen molar-refractivity contribution < 1.29 is 13.2 Å². The molecule has 1 aliphatic heterocycles. The number of aryl methyl sites for hydroxylation is 1. The third-order valence-electron chi connectivity index (χ3n) is 3.24. The van der Waals surface area contributed by atoms with E-state index in [1.54, 1.807) is 19.1 Å². The number of nitrogen functional groups attached to an aromatic ring is 1. The summed E-state index contributed by atoms with van der Waals surface area (Å²) in [5.41, 5.74) is 3.53. The molecule has 110 valence electrons. The largest absolute Gasteiger partial charge is 0.352 e. The van der Waals surface area contributed by atoms with Crippen LogP contribution in [0, 0.1) is 12.8 Å². The summed E-state index contributed by atoms with van der Waals surface area (Å²) in [6, 6.07) is 3.20. The number of pyridine rings is 1. The van der Waals surface area contributed by atoms with Crippen molar-refractivity contribution in [3.8, 4) is 0 Å². The molecule has 1 aromatic heterocycles. The summed E-state index contributed by atoms with van der Waals surface area (Å²) < 4.78 is 22.7. The number of hydrogen-bond donors (Lipinski definition) is 3. The lowest BCUT2D eigenvalue weighted by molar-refractivity contribution is 0.0948. The van der Waals surface area contributed by atoms with E-state index in [2.05, 4.69) is 15.7 Å². The van der Waals surface area contributed by atoms with Crippen LogP contribution < -0.4 is 16.6 Å². The lowest BCUT2D eigenvalue weighted by Crippen LogP contribution is -2.30.